The van der Waals surface area contributed by atoms with Crippen molar-refractivity contribution < 1.29 is 0 Å². The van der Waals surface area contributed by atoms with Crippen LogP contribution in [0.4, 0.5) is 0 Å². The quantitative estimate of drug-likeness (QED) is 0.627. The topological polar surface area (TPSA) is 17.8 Å². The molecule has 1 heterocycles. The van der Waals surface area contributed by atoms with Crippen molar-refractivity contribution in [1.29, 1.82) is 0 Å². The van der Waals surface area contributed by atoms with Crippen LogP contribution in [0.3, 0.4) is 0 Å². The number of alkyl halides is 1. The SMILES string of the molecule is Cc1nn(C)c(Cl)c1CC(CBr)Cc1ccc(Br)cc1. The average molecular weight is 421 g/mol. The molecule has 2 rings (SSSR count). The van der Waals surface area contributed by atoms with E-state index in [0.717, 1.165) is 39.1 Å². The molecule has 1 atom stereocenters. The highest BCUT2D eigenvalue weighted by Gasteiger charge is 2.17. The van der Waals surface area contributed by atoms with Crippen LogP contribution in [0.2, 0.25) is 5.15 Å². The third-order valence-corrected chi connectivity index (χ3v) is 5.34. The maximum atomic E-state index is 6.32. The molecule has 0 saturated heterocycles. The second-order valence-electron chi connectivity index (χ2n) is 5.03. The third kappa shape index (κ3) is 3.86. The van der Waals surface area contributed by atoms with Gasteiger partial charge in [0.15, 0.2) is 0 Å². The first-order valence-electron chi connectivity index (χ1n) is 6.49. The summed E-state index contributed by atoms with van der Waals surface area (Å²) < 4.78 is 2.86. The Morgan fingerprint density at radius 2 is 1.90 bits per heavy atom. The van der Waals surface area contributed by atoms with E-state index in [0.29, 0.717) is 5.92 Å². The van der Waals surface area contributed by atoms with E-state index < -0.39 is 0 Å². The molecule has 2 aromatic rings. The maximum Gasteiger partial charge on any atom is 0.130 e. The summed E-state index contributed by atoms with van der Waals surface area (Å²) in [6.45, 7) is 2.02. The largest absolute Gasteiger partial charge is 0.257 e. The van der Waals surface area contributed by atoms with E-state index in [9.17, 15) is 0 Å². The fourth-order valence-corrected chi connectivity index (χ4v) is 3.30. The van der Waals surface area contributed by atoms with Gasteiger partial charge < -0.3 is 0 Å². The normalized spacial score (nSPS) is 12.7. The molecule has 0 radical (unpaired) electrons. The Morgan fingerprint density at radius 1 is 1.25 bits per heavy atom. The predicted octanol–water partition coefficient (Wildman–Crippen LogP) is 4.94. The summed E-state index contributed by atoms with van der Waals surface area (Å²) in [6, 6.07) is 8.50. The zero-order chi connectivity index (χ0) is 14.7. The van der Waals surface area contributed by atoms with E-state index in [-0.39, 0.29) is 0 Å². The molecule has 1 aromatic carbocycles. The number of aromatic nitrogens is 2. The Labute approximate surface area is 141 Å². The van der Waals surface area contributed by atoms with Gasteiger partial charge in [0.25, 0.3) is 0 Å². The Kier molecular flexibility index (Phi) is 5.70. The standard InChI is InChI=1S/C15H17Br2ClN2/c1-10-14(15(18)20(2)19-10)8-12(9-16)7-11-3-5-13(17)6-4-11/h3-6,12H,7-9H2,1-2H3. The minimum atomic E-state index is 0.511. The Morgan fingerprint density at radius 3 is 2.40 bits per heavy atom. The van der Waals surface area contributed by atoms with Crippen molar-refractivity contribution in [2.75, 3.05) is 5.33 Å². The van der Waals surface area contributed by atoms with Gasteiger partial charge in [0.05, 0.1) is 5.69 Å². The molecule has 1 aromatic heterocycles. The third-order valence-electron chi connectivity index (χ3n) is 3.42. The molecule has 0 aliphatic rings. The molecule has 0 spiro atoms. The number of halogens is 3. The van der Waals surface area contributed by atoms with Crippen molar-refractivity contribution in [3.05, 3.63) is 50.7 Å². The second-order valence-corrected chi connectivity index (χ2v) is 6.95. The molecule has 5 heteroatoms. The van der Waals surface area contributed by atoms with Gasteiger partial charge >= 0.3 is 0 Å². The summed E-state index contributed by atoms with van der Waals surface area (Å²) in [5.74, 6) is 0.511. The summed E-state index contributed by atoms with van der Waals surface area (Å²) >= 11 is 13.4. The molecule has 2 nitrogen and oxygen atoms in total. The lowest BCUT2D eigenvalue weighted by Crippen LogP contribution is -2.10. The molecule has 0 bridgehead atoms. The van der Waals surface area contributed by atoms with Crippen molar-refractivity contribution >= 4 is 43.5 Å². The van der Waals surface area contributed by atoms with Crippen molar-refractivity contribution in [1.82, 2.24) is 9.78 Å². The van der Waals surface area contributed by atoms with E-state index in [4.69, 9.17) is 11.6 Å². The Bertz CT molecular complexity index is 578. The monoisotopic (exact) mass is 418 g/mol. The average Bonchev–Trinajstić information content (AvgIpc) is 2.66. The first-order valence-corrected chi connectivity index (χ1v) is 8.79. The van der Waals surface area contributed by atoms with Crippen LogP contribution >= 0.6 is 43.5 Å². The lowest BCUT2D eigenvalue weighted by Gasteiger charge is -2.14. The zero-order valence-corrected chi connectivity index (χ0v) is 15.5. The van der Waals surface area contributed by atoms with E-state index in [1.807, 2.05) is 14.0 Å². The smallest absolute Gasteiger partial charge is 0.130 e. The molecule has 0 saturated carbocycles. The van der Waals surface area contributed by atoms with E-state index in [1.165, 1.54) is 5.56 Å². The number of hydrogen-bond donors (Lipinski definition) is 0. The number of aryl methyl sites for hydroxylation is 2. The van der Waals surface area contributed by atoms with Gasteiger partial charge in [0, 0.05) is 22.4 Å². The second kappa shape index (κ2) is 7.10. The van der Waals surface area contributed by atoms with Crippen LogP contribution in [0.25, 0.3) is 0 Å². The number of nitrogens with zero attached hydrogens (tertiary/aromatic N) is 2. The minimum absolute atomic E-state index is 0.511. The maximum absolute atomic E-state index is 6.32. The molecule has 0 aliphatic heterocycles. The summed E-state index contributed by atoms with van der Waals surface area (Å²) in [5.41, 5.74) is 3.53. The molecule has 108 valence electrons. The highest BCUT2D eigenvalue weighted by atomic mass is 79.9. The van der Waals surface area contributed by atoms with Crippen molar-refractivity contribution in [3.63, 3.8) is 0 Å². The molecule has 1 unspecified atom stereocenters. The summed E-state index contributed by atoms with van der Waals surface area (Å²) in [6.07, 6.45) is 1.98. The van der Waals surface area contributed by atoms with Gasteiger partial charge in [-0.1, -0.05) is 55.6 Å². The highest BCUT2D eigenvalue weighted by molar-refractivity contribution is 9.10. The predicted molar refractivity (Wildman–Crippen MR) is 91.8 cm³/mol. The van der Waals surface area contributed by atoms with E-state index in [2.05, 4.69) is 61.2 Å². The van der Waals surface area contributed by atoms with Gasteiger partial charge in [0.2, 0.25) is 0 Å². The lowest BCUT2D eigenvalue weighted by atomic mass is 9.94. The first kappa shape index (κ1) is 16.1. The van der Waals surface area contributed by atoms with Gasteiger partial charge in [-0.2, -0.15) is 5.10 Å². The van der Waals surface area contributed by atoms with E-state index >= 15 is 0 Å². The molecular weight excluding hydrogens is 403 g/mol. The van der Waals surface area contributed by atoms with Crippen LogP contribution in [0.5, 0.6) is 0 Å². The van der Waals surface area contributed by atoms with Crippen molar-refractivity contribution in [2.45, 2.75) is 19.8 Å². The summed E-state index contributed by atoms with van der Waals surface area (Å²) in [5, 5.41) is 6.09. The fraction of sp³-hybridized carbons (Fsp3) is 0.400. The van der Waals surface area contributed by atoms with Gasteiger partial charge in [-0.15, -0.1) is 0 Å². The minimum Gasteiger partial charge on any atom is -0.257 e. The summed E-state index contributed by atoms with van der Waals surface area (Å²) in [4.78, 5) is 0. The molecular formula is C15H17Br2ClN2. The van der Waals surface area contributed by atoms with Gasteiger partial charge in [0.1, 0.15) is 5.15 Å². The fourth-order valence-electron chi connectivity index (χ4n) is 2.33. The van der Waals surface area contributed by atoms with Gasteiger partial charge in [-0.05, 0) is 43.4 Å². The van der Waals surface area contributed by atoms with Crippen LogP contribution < -0.4 is 0 Å². The number of hydrogen-bond acceptors (Lipinski definition) is 1. The number of benzene rings is 1. The zero-order valence-electron chi connectivity index (χ0n) is 11.5. The van der Waals surface area contributed by atoms with Crippen LogP contribution in [-0.2, 0) is 19.9 Å². The molecule has 0 N–H and O–H groups in total. The Balaban J connectivity index is 2.11. The summed E-state index contributed by atoms with van der Waals surface area (Å²) in [7, 11) is 1.89. The van der Waals surface area contributed by atoms with Crippen LogP contribution in [0, 0.1) is 12.8 Å². The van der Waals surface area contributed by atoms with Crippen molar-refractivity contribution in [3.8, 4) is 0 Å². The van der Waals surface area contributed by atoms with E-state index in [1.54, 1.807) is 4.68 Å². The van der Waals surface area contributed by atoms with Crippen LogP contribution in [-0.4, -0.2) is 15.1 Å². The Hall–Kier alpha value is -0.320. The molecule has 0 aliphatic carbocycles. The molecule has 0 amide bonds. The molecule has 20 heavy (non-hydrogen) atoms. The van der Waals surface area contributed by atoms with Crippen LogP contribution in [0.1, 0.15) is 16.8 Å². The highest BCUT2D eigenvalue weighted by Crippen LogP contribution is 2.25. The van der Waals surface area contributed by atoms with Gasteiger partial charge in [-0.25, -0.2) is 0 Å². The van der Waals surface area contributed by atoms with Gasteiger partial charge in [-0.3, -0.25) is 4.68 Å². The van der Waals surface area contributed by atoms with Crippen molar-refractivity contribution in [2.24, 2.45) is 13.0 Å². The van der Waals surface area contributed by atoms with Crippen LogP contribution in [0.15, 0.2) is 28.7 Å². The lowest BCUT2D eigenvalue weighted by molar-refractivity contribution is 0.589. The first-order chi connectivity index (χ1) is 9.51. The molecule has 0 fully saturated rings. The number of rotatable bonds is 5.